The van der Waals surface area contributed by atoms with Crippen LogP contribution in [0.1, 0.15) is 63.5 Å². The Morgan fingerprint density at radius 3 is 3.00 bits per heavy atom. The van der Waals surface area contributed by atoms with Crippen molar-refractivity contribution in [1.29, 1.82) is 0 Å². The molecule has 0 radical (unpaired) electrons. The van der Waals surface area contributed by atoms with Crippen LogP contribution in [0.3, 0.4) is 0 Å². The average molecular weight is 338 g/mol. The number of rotatable bonds is 1. The Morgan fingerprint density at radius 1 is 1.35 bits per heavy atom. The van der Waals surface area contributed by atoms with E-state index in [2.05, 4.69) is 41.1 Å². The third kappa shape index (κ3) is 2.75. The molecule has 2 nitrogen and oxygen atoms in total. The summed E-state index contributed by atoms with van der Waals surface area (Å²) in [6, 6.07) is 6.35. The predicted molar refractivity (Wildman–Crippen MR) is 85.9 cm³/mol. The SMILES string of the molecule is CCC1CCCC2(CC1)C[C@H](N)c1ccc(Br)cc1O2. The zero-order chi connectivity index (χ0) is 14.2. The molecule has 0 bridgehead atoms. The van der Waals surface area contributed by atoms with Gasteiger partial charge in [-0.05, 0) is 43.7 Å². The second-order valence-electron chi connectivity index (χ2n) is 6.48. The van der Waals surface area contributed by atoms with Crippen LogP contribution in [-0.2, 0) is 0 Å². The Morgan fingerprint density at radius 2 is 2.20 bits per heavy atom. The Balaban J connectivity index is 1.86. The van der Waals surface area contributed by atoms with Crippen LogP contribution < -0.4 is 10.5 Å². The molecule has 1 aliphatic heterocycles. The molecule has 1 aliphatic carbocycles. The summed E-state index contributed by atoms with van der Waals surface area (Å²) in [7, 11) is 0. The molecule has 110 valence electrons. The number of benzene rings is 1. The van der Waals surface area contributed by atoms with Gasteiger partial charge in [-0.3, -0.25) is 0 Å². The van der Waals surface area contributed by atoms with Crippen molar-refractivity contribution in [3.05, 3.63) is 28.2 Å². The molecule has 1 aromatic rings. The minimum atomic E-state index is -0.0167. The topological polar surface area (TPSA) is 35.2 Å². The first-order chi connectivity index (χ1) is 9.62. The van der Waals surface area contributed by atoms with E-state index in [9.17, 15) is 0 Å². The van der Waals surface area contributed by atoms with Gasteiger partial charge in [0.25, 0.3) is 0 Å². The minimum Gasteiger partial charge on any atom is -0.487 e. The van der Waals surface area contributed by atoms with Gasteiger partial charge in [-0.25, -0.2) is 0 Å². The number of nitrogens with two attached hydrogens (primary N) is 1. The van der Waals surface area contributed by atoms with Crippen LogP contribution in [0, 0.1) is 5.92 Å². The highest BCUT2D eigenvalue weighted by molar-refractivity contribution is 9.10. The Bertz CT molecular complexity index is 490. The van der Waals surface area contributed by atoms with Crippen molar-refractivity contribution in [2.45, 2.75) is 63.5 Å². The normalized spacial score (nSPS) is 33.4. The molecule has 3 heteroatoms. The van der Waals surface area contributed by atoms with E-state index in [1.54, 1.807) is 0 Å². The maximum Gasteiger partial charge on any atom is 0.126 e. The van der Waals surface area contributed by atoms with Gasteiger partial charge in [0.2, 0.25) is 0 Å². The molecule has 1 saturated carbocycles. The molecule has 20 heavy (non-hydrogen) atoms. The summed E-state index contributed by atoms with van der Waals surface area (Å²) >= 11 is 3.54. The van der Waals surface area contributed by atoms with Gasteiger partial charge in [-0.15, -0.1) is 0 Å². The third-order valence-electron chi connectivity index (χ3n) is 5.12. The van der Waals surface area contributed by atoms with Crippen LogP contribution in [0.4, 0.5) is 0 Å². The predicted octanol–water partition coefficient (Wildman–Crippen LogP) is 4.96. The van der Waals surface area contributed by atoms with E-state index >= 15 is 0 Å². The fourth-order valence-corrected chi connectivity index (χ4v) is 4.19. The molecule has 0 saturated heterocycles. The van der Waals surface area contributed by atoms with Gasteiger partial charge >= 0.3 is 0 Å². The number of fused-ring (bicyclic) bond motifs is 1. The molecule has 2 aliphatic rings. The van der Waals surface area contributed by atoms with Crippen molar-refractivity contribution in [3.63, 3.8) is 0 Å². The molecule has 1 spiro atoms. The molecule has 1 heterocycles. The standard InChI is InChI=1S/C17H24BrNO/c1-2-12-4-3-8-17(9-7-12)11-15(19)14-6-5-13(18)10-16(14)20-17/h5-6,10,12,15H,2-4,7-9,11,19H2,1H3/t12?,15-,17?/m0/s1. The zero-order valence-electron chi connectivity index (χ0n) is 12.2. The summed E-state index contributed by atoms with van der Waals surface area (Å²) in [5, 5.41) is 0. The first-order valence-corrected chi connectivity index (χ1v) is 8.65. The quantitative estimate of drug-likeness (QED) is 0.785. The number of halogens is 1. The van der Waals surface area contributed by atoms with Gasteiger partial charge in [0.05, 0.1) is 0 Å². The maximum absolute atomic E-state index is 6.47. The molecular weight excluding hydrogens is 314 g/mol. The fraction of sp³-hybridized carbons (Fsp3) is 0.647. The maximum atomic E-state index is 6.47. The average Bonchev–Trinajstić information content (AvgIpc) is 2.60. The summed E-state index contributed by atoms with van der Waals surface area (Å²) in [6.45, 7) is 2.31. The van der Waals surface area contributed by atoms with Crippen molar-refractivity contribution < 1.29 is 4.74 Å². The Kier molecular flexibility index (Phi) is 4.09. The lowest BCUT2D eigenvalue weighted by molar-refractivity contribution is 0.0203. The molecule has 3 rings (SSSR count). The summed E-state index contributed by atoms with van der Waals surface area (Å²) < 4.78 is 7.54. The van der Waals surface area contributed by atoms with Crippen molar-refractivity contribution in [2.24, 2.45) is 11.7 Å². The van der Waals surface area contributed by atoms with E-state index in [4.69, 9.17) is 10.5 Å². The van der Waals surface area contributed by atoms with E-state index in [1.165, 1.54) is 25.7 Å². The van der Waals surface area contributed by atoms with Gasteiger partial charge in [0.1, 0.15) is 11.4 Å². The van der Waals surface area contributed by atoms with Crippen molar-refractivity contribution >= 4 is 15.9 Å². The van der Waals surface area contributed by atoms with Gasteiger partial charge in [0, 0.05) is 22.5 Å². The van der Waals surface area contributed by atoms with Crippen LogP contribution in [0.5, 0.6) is 5.75 Å². The second kappa shape index (κ2) is 5.69. The van der Waals surface area contributed by atoms with Crippen molar-refractivity contribution in [3.8, 4) is 5.75 Å². The summed E-state index contributed by atoms with van der Waals surface area (Å²) in [5.74, 6) is 1.87. The molecule has 1 aromatic carbocycles. The van der Waals surface area contributed by atoms with Gasteiger partial charge in [0.15, 0.2) is 0 Å². The molecule has 2 N–H and O–H groups in total. The van der Waals surface area contributed by atoms with Gasteiger partial charge < -0.3 is 10.5 Å². The molecular formula is C17H24BrNO. The van der Waals surface area contributed by atoms with Crippen molar-refractivity contribution in [1.82, 2.24) is 0 Å². The molecule has 0 aromatic heterocycles. The van der Waals surface area contributed by atoms with Crippen LogP contribution >= 0.6 is 15.9 Å². The van der Waals surface area contributed by atoms with Crippen LogP contribution in [-0.4, -0.2) is 5.60 Å². The monoisotopic (exact) mass is 337 g/mol. The van der Waals surface area contributed by atoms with E-state index < -0.39 is 0 Å². The smallest absolute Gasteiger partial charge is 0.126 e. The second-order valence-corrected chi connectivity index (χ2v) is 7.40. The van der Waals surface area contributed by atoms with Gasteiger partial charge in [-0.2, -0.15) is 0 Å². The van der Waals surface area contributed by atoms with E-state index in [0.29, 0.717) is 0 Å². The minimum absolute atomic E-state index is 0.0167. The fourth-order valence-electron chi connectivity index (χ4n) is 3.85. The molecule has 0 amide bonds. The van der Waals surface area contributed by atoms with E-state index in [1.807, 2.05) is 0 Å². The lowest BCUT2D eigenvalue weighted by Gasteiger charge is -2.41. The van der Waals surface area contributed by atoms with Crippen LogP contribution in [0.15, 0.2) is 22.7 Å². The third-order valence-corrected chi connectivity index (χ3v) is 5.62. The number of hydrogen-bond donors (Lipinski definition) is 1. The first kappa shape index (κ1) is 14.4. The Labute approximate surface area is 130 Å². The van der Waals surface area contributed by atoms with Crippen LogP contribution in [0.2, 0.25) is 0 Å². The summed E-state index contributed by atoms with van der Waals surface area (Å²) in [6.07, 6.45) is 8.49. The molecule has 2 unspecified atom stereocenters. The van der Waals surface area contributed by atoms with Gasteiger partial charge in [-0.1, -0.05) is 41.8 Å². The Hall–Kier alpha value is -0.540. The zero-order valence-corrected chi connectivity index (χ0v) is 13.8. The lowest BCUT2D eigenvalue weighted by atomic mass is 9.82. The first-order valence-electron chi connectivity index (χ1n) is 7.86. The number of ether oxygens (including phenoxy) is 1. The number of hydrogen-bond acceptors (Lipinski definition) is 2. The van der Waals surface area contributed by atoms with E-state index in [0.717, 1.165) is 41.0 Å². The highest BCUT2D eigenvalue weighted by Crippen LogP contribution is 2.46. The summed E-state index contributed by atoms with van der Waals surface area (Å²) in [5.41, 5.74) is 7.57. The largest absolute Gasteiger partial charge is 0.487 e. The highest BCUT2D eigenvalue weighted by atomic mass is 79.9. The van der Waals surface area contributed by atoms with Crippen molar-refractivity contribution in [2.75, 3.05) is 0 Å². The lowest BCUT2D eigenvalue weighted by Crippen LogP contribution is -2.42. The van der Waals surface area contributed by atoms with Crippen LogP contribution in [0.25, 0.3) is 0 Å². The summed E-state index contributed by atoms with van der Waals surface area (Å²) in [4.78, 5) is 0. The molecule has 1 fully saturated rings. The van der Waals surface area contributed by atoms with E-state index in [-0.39, 0.29) is 11.6 Å². The molecule has 3 atom stereocenters. The highest BCUT2D eigenvalue weighted by Gasteiger charge is 2.40.